The predicted octanol–water partition coefficient (Wildman–Crippen LogP) is 1.40. The largest absolute Gasteiger partial charge is 0.373 e. The molecule has 2 amide bonds. The molecule has 5 heteroatoms. The van der Waals surface area contributed by atoms with Gasteiger partial charge < -0.3 is 15.5 Å². The van der Waals surface area contributed by atoms with E-state index in [1.807, 2.05) is 38.1 Å². The predicted molar refractivity (Wildman–Crippen MR) is 83.1 cm³/mol. The lowest BCUT2D eigenvalue weighted by molar-refractivity contribution is -0.130. The Bertz CT molecular complexity index is 487. The number of para-hydroxylation sites is 1. The van der Waals surface area contributed by atoms with Crippen LogP contribution in [0.1, 0.15) is 25.8 Å². The van der Waals surface area contributed by atoms with Crippen LogP contribution in [0.2, 0.25) is 0 Å². The van der Waals surface area contributed by atoms with Crippen LogP contribution in [0.4, 0.5) is 5.69 Å². The minimum absolute atomic E-state index is 0.0430. The van der Waals surface area contributed by atoms with Crippen LogP contribution in [0.3, 0.4) is 0 Å². The van der Waals surface area contributed by atoms with Gasteiger partial charge in [0.2, 0.25) is 11.8 Å². The fourth-order valence-electron chi connectivity index (χ4n) is 2.61. The van der Waals surface area contributed by atoms with Gasteiger partial charge in [0.25, 0.3) is 0 Å². The monoisotopic (exact) mass is 289 g/mol. The number of carbonyl (C=O) groups excluding carboxylic acids is 2. The van der Waals surface area contributed by atoms with Gasteiger partial charge in [-0.2, -0.15) is 0 Å². The summed E-state index contributed by atoms with van der Waals surface area (Å²) in [5.41, 5.74) is 2.19. The molecule has 114 valence electrons. The Balaban J connectivity index is 1.75. The summed E-state index contributed by atoms with van der Waals surface area (Å²) in [5.74, 6) is 0.0431. The molecule has 2 N–H and O–H groups in total. The molecule has 1 aromatic carbocycles. The molecule has 0 bridgehead atoms. The van der Waals surface area contributed by atoms with Crippen LogP contribution in [-0.4, -0.2) is 42.4 Å². The van der Waals surface area contributed by atoms with Gasteiger partial charge in [0.15, 0.2) is 0 Å². The first-order chi connectivity index (χ1) is 10.2. The number of hydrogen-bond donors (Lipinski definition) is 2. The second-order valence-corrected chi connectivity index (χ2v) is 5.17. The van der Waals surface area contributed by atoms with Crippen molar-refractivity contribution in [2.24, 2.45) is 0 Å². The van der Waals surface area contributed by atoms with Gasteiger partial charge in [-0.3, -0.25) is 9.59 Å². The zero-order chi connectivity index (χ0) is 15.2. The standard InChI is InChI=1S/C16H23N3O2/c1-3-19(4-2)15(20)9-10-17-16(21)14-11-12-7-5-6-8-13(12)18-14/h5-8,14,18H,3-4,9-11H2,1-2H3,(H,17,21). The van der Waals surface area contributed by atoms with Crippen LogP contribution in [0.5, 0.6) is 0 Å². The number of nitrogens with one attached hydrogen (secondary N) is 2. The molecule has 0 radical (unpaired) electrons. The van der Waals surface area contributed by atoms with Crippen LogP contribution in [0.15, 0.2) is 24.3 Å². The first-order valence-electron chi connectivity index (χ1n) is 7.55. The molecule has 0 saturated heterocycles. The molecule has 21 heavy (non-hydrogen) atoms. The molecular weight excluding hydrogens is 266 g/mol. The number of carbonyl (C=O) groups is 2. The third-order valence-corrected chi connectivity index (χ3v) is 3.84. The maximum atomic E-state index is 12.1. The highest BCUT2D eigenvalue weighted by Gasteiger charge is 2.26. The Morgan fingerprint density at radius 3 is 2.67 bits per heavy atom. The third-order valence-electron chi connectivity index (χ3n) is 3.84. The Labute approximate surface area is 125 Å². The second kappa shape index (κ2) is 7.11. The van der Waals surface area contributed by atoms with E-state index < -0.39 is 0 Å². The van der Waals surface area contributed by atoms with E-state index in [-0.39, 0.29) is 17.9 Å². The minimum Gasteiger partial charge on any atom is -0.373 e. The van der Waals surface area contributed by atoms with E-state index in [9.17, 15) is 9.59 Å². The number of rotatable bonds is 6. The summed E-state index contributed by atoms with van der Waals surface area (Å²) in [4.78, 5) is 25.7. The van der Waals surface area contributed by atoms with Gasteiger partial charge in [-0.25, -0.2) is 0 Å². The smallest absolute Gasteiger partial charge is 0.242 e. The van der Waals surface area contributed by atoms with Crippen molar-refractivity contribution in [2.75, 3.05) is 25.0 Å². The summed E-state index contributed by atoms with van der Waals surface area (Å²) in [7, 11) is 0. The Morgan fingerprint density at radius 1 is 1.29 bits per heavy atom. The average Bonchev–Trinajstić information content (AvgIpc) is 2.92. The molecule has 0 aliphatic carbocycles. The van der Waals surface area contributed by atoms with E-state index in [0.29, 0.717) is 32.5 Å². The van der Waals surface area contributed by atoms with Crippen molar-refractivity contribution in [1.82, 2.24) is 10.2 Å². The molecule has 0 saturated carbocycles. The SMILES string of the molecule is CCN(CC)C(=O)CCNC(=O)C1Cc2ccccc2N1. The average molecular weight is 289 g/mol. The van der Waals surface area contributed by atoms with Gasteiger partial charge >= 0.3 is 0 Å². The highest BCUT2D eigenvalue weighted by molar-refractivity contribution is 5.87. The van der Waals surface area contributed by atoms with E-state index in [0.717, 1.165) is 11.3 Å². The lowest BCUT2D eigenvalue weighted by Crippen LogP contribution is -2.40. The summed E-state index contributed by atoms with van der Waals surface area (Å²) in [6, 6.07) is 7.70. The van der Waals surface area contributed by atoms with E-state index in [1.54, 1.807) is 4.90 Å². The molecule has 2 rings (SSSR count). The molecule has 0 aromatic heterocycles. The third kappa shape index (κ3) is 3.74. The molecule has 0 fully saturated rings. The quantitative estimate of drug-likeness (QED) is 0.832. The van der Waals surface area contributed by atoms with Crippen LogP contribution < -0.4 is 10.6 Å². The van der Waals surface area contributed by atoms with E-state index in [2.05, 4.69) is 10.6 Å². The number of fused-ring (bicyclic) bond motifs is 1. The molecule has 1 aliphatic heterocycles. The van der Waals surface area contributed by atoms with Crippen molar-refractivity contribution in [2.45, 2.75) is 32.7 Å². The van der Waals surface area contributed by atoms with E-state index in [4.69, 9.17) is 0 Å². The van der Waals surface area contributed by atoms with E-state index in [1.165, 1.54) is 0 Å². The molecule has 1 unspecified atom stereocenters. The first kappa shape index (κ1) is 15.4. The van der Waals surface area contributed by atoms with Gasteiger partial charge in [0.05, 0.1) is 0 Å². The van der Waals surface area contributed by atoms with Crippen molar-refractivity contribution in [1.29, 1.82) is 0 Å². The summed E-state index contributed by atoms with van der Waals surface area (Å²) < 4.78 is 0. The maximum Gasteiger partial charge on any atom is 0.242 e. The zero-order valence-electron chi connectivity index (χ0n) is 12.7. The number of amides is 2. The van der Waals surface area contributed by atoms with Crippen molar-refractivity contribution < 1.29 is 9.59 Å². The van der Waals surface area contributed by atoms with E-state index >= 15 is 0 Å². The van der Waals surface area contributed by atoms with Crippen molar-refractivity contribution in [3.05, 3.63) is 29.8 Å². The zero-order valence-corrected chi connectivity index (χ0v) is 12.7. The van der Waals surface area contributed by atoms with Gasteiger partial charge in [-0.1, -0.05) is 18.2 Å². The molecule has 1 atom stereocenters. The maximum absolute atomic E-state index is 12.1. The number of hydrogen-bond acceptors (Lipinski definition) is 3. The topological polar surface area (TPSA) is 61.4 Å². The van der Waals surface area contributed by atoms with Crippen LogP contribution >= 0.6 is 0 Å². The molecule has 0 spiro atoms. The Kier molecular flexibility index (Phi) is 5.20. The lowest BCUT2D eigenvalue weighted by atomic mass is 10.1. The molecule has 5 nitrogen and oxygen atoms in total. The highest BCUT2D eigenvalue weighted by atomic mass is 16.2. The molecular formula is C16H23N3O2. The van der Waals surface area contributed by atoms with Gasteiger partial charge in [0.1, 0.15) is 6.04 Å². The molecule has 1 aromatic rings. The van der Waals surface area contributed by atoms with Crippen LogP contribution in [0.25, 0.3) is 0 Å². The summed E-state index contributed by atoms with van der Waals surface area (Å²) >= 11 is 0. The molecule has 1 aliphatic rings. The normalized spacial score (nSPS) is 16.0. The van der Waals surface area contributed by atoms with Gasteiger partial charge in [-0.15, -0.1) is 0 Å². The number of nitrogens with zero attached hydrogens (tertiary/aromatic N) is 1. The van der Waals surface area contributed by atoms with Crippen molar-refractivity contribution >= 4 is 17.5 Å². The van der Waals surface area contributed by atoms with Gasteiger partial charge in [-0.05, 0) is 25.5 Å². The van der Waals surface area contributed by atoms with Crippen LogP contribution in [0, 0.1) is 0 Å². The van der Waals surface area contributed by atoms with Crippen LogP contribution in [-0.2, 0) is 16.0 Å². The Morgan fingerprint density at radius 2 is 2.00 bits per heavy atom. The van der Waals surface area contributed by atoms with Crippen molar-refractivity contribution in [3.8, 4) is 0 Å². The summed E-state index contributed by atoms with van der Waals surface area (Å²) in [6.45, 7) is 5.73. The highest BCUT2D eigenvalue weighted by Crippen LogP contribution is 2.24. The fraction of sp³-hybridized carbons (Fsp3) is 0.500. The summed E-state index contributed by atoms with van der Waals surface area (Å²) in [6.07, 6.45) is 1.05. The first-order valence-corrected chi connectivity index (χ1v) is 7.55. The lowest BCUT2D eigenvalue weighted by Gasteiger charge is -2.19. The number of benzene rings is 1. The fourth-order valence-corrected chi connectivity index (χ4v) is 2.61. The van der Waals surface area contributed by atoms with Crippen molar-refractivity contribution in [3.63, 3.8) is 0 Å². The van der Waals surface area contributed by atoms with Gasteiger partial charge in [0, 0.05) is 38.2 Å². The Hall–Kier alpha value is -2.04. The second-order valence-electron chi connectivity index (χ2n) is 5.17. The molecule has 1 heterocycles. The minimum atomic E-state index is -0.231. The summed E-state index contributed by atoms with van der Waals surface area (Å²) in [5, 5.41) is 6.05. The number of anilines is 1.